The molecule has 3 rings (SSSR count). The van der Waals surface area contributed by atoms with Crippen molar-refractivity contribution in [3.8, 4) is 5.75 Å². The first-order chi connectivity index (χ1) is 14.3. The summed E-state index contributed by atoms with van der Waals surface area (Å²) >= 11 is 1.58. The zero-order chi connectivity index (χ0) is 21.9. The molecule has 3 atom stereocenters. The van der Waals surface area contributed by atoms with Gasteiger partial charge in [0.1, 0.15) is 5.75 Å². The molecule has 0 saturated carbocycles. The maximum atomic E-state index is 13.6. The second kappa shape index (κ2) is 9.41. The Morgan fingerprint density at radius 3 is 2.43 bits per heavy atom. The lowest BCUT2D eigenvalue weighted by atomic mass is 9.90. The Morgan fingerprint density at radius 2 is 1.87 bits per heavy atom. The Labute approximate surface area is 182 Å². The van der Waals surface area contributed by atoms with E-state index >= 15 is 0 Å². The van der Waals surface area contributed by atoms with Crippen LogP contribution in [0.1, 0.15) is 30.5 Å². The highest BCUT2D eigenvalue weighted by Crippen LogP contribution is 2.42. The minimum absolute atomic E-state index is 0.0552. The number of thioether (sulfide) groups is 1. The average molecular weight is 450 g/mol. The Morgan fingerprint density at radius 1 is 1.20 bits per heavy atom. The predicted octanol–water partition coefficient (Wildman–Crippen LogP) is 3.96. The Bertz CT molecular complexity index is 991. The number of benzene rings is 2. The highest BCUT2D eigenvalue weighted by Gasteiger charge is 2.45. The van der Waals surface area contributed by atoms with Gasteiger partial charge in [0.25, 0.3) is 0 Å². The highest BCUT2D eigenvalue weighted by molar-refractivity contribution is 7.99. The minimum Gasteiger partial charge on any atom is -0.497 e. The van der Waals surface area contributed by atoms with E-state index in [0.717, 1.165) is 11.3 Å². The molecule has 2 aromatic carbocycles. The summed E-state index contributed by atoms with van der Waals surface area (Å²) in [6.07, 6.45) is 0.437. The molecule has 1 saturated heterocycles. The number of sulfonamides is 1. The summed E-state index contributed by atoms with van der Waals surface area (Å²) in [6, 6.07) is 13.7. The normalized spacial score (nSPS) is 22.6. The molecule has 2 aromatic rings. The smallest absolute Gasteiger partial charge is 0.308 e. The molecule has 0 spiro atoms. The molecular weight excluding hydrogens is 422 g/mol. The largest absolute Gasteiger partial charge is 0.497 e. The quantitative estimate of drug-likeness (QED) is 0.689. The lowest BCUT2D eigenvalue weighted by Crippen LogP contribution is -2.49. The Kier molecular flexibility index (Phi) is 7.10. The highest BCUT2D eigenvalue weighted by atomic mass is 32.2. The second-order valence-corrected chi connectivity index (χ2v) is 10.7. The van der Waals surface area contributed by atoms with Crippen LogP contribution in [-0.4, -0.2) is 48.5 Å². The summed E-state index contributed by atoms with van der Waals surface area (Å²) in [4.78, 5) is 12.2. The van der Waals surface area contributed by atoms with Crippen LogP contribution >= 0.6 is 11.8 Å². The van der Waals surface area contributed by atoms with Crippen molar-refractivity contribution in [3.05, 3.63) is 59.7 Å². The number of aryl methyl sites for hydroxylation is 1. The van der Waals surface area contributed by atoms with Crippen LogP contribution in [0.25, 0.3) is 0 Å². The minimum atomic E-state index is -3.88. The first-order valence-electron chi connectivity index (χ1n) is 9.85. The van der Waals surface area contributed by atoms with Crippen LogP contribution in [0.3, 0.4) is 0 Å². The fourth-order valence-corrected chi connectivity index (χ4v) is 7.00. The van der Waals surface area contributed by atoms with Crippen LogP contribution < -0.4 is 4.74 Å². The fraction of sp³-hybridized carbons (Fsp3) is 0.409. The van der Waals surface area contributed by atoms with E-state index in [1.54, 1.807) is 62.2 Å². The number of aliphatic carboxylic acids is 1. The SMILES string of the molecule is CCS[C@@H]1C[C@@H](c2ccc(OC)cc2)N(S(=O)(=O)c2ccccc2C)C[C@H]1C(=O)O. The van der Waals surface area contributed by atoms with E-state index in [9.17, 15) is 18.3 Å². The van der Waals surface area contributed by atoms with Crippen molar-refractivity contribution >= 4 is 27.8 Å². The maximum Gasteiger partial charge on any atom is 0.308 e. The van der Waals surface area contributed by atoms with E-state index in [2.05, 4.69) is 0 Å². The number of nitrogens with zero attached hydrogens (tertiary/aromatic N) is 1. The molecule has 0 aromatic heterocycles. The van der Waals surface area contributed by atoms with E-state index in [0.29, 0.717) is 17.7 Å². The molecule has 0 aliphatic carbocycles. The molecule has 0 unspecified atom stereocenters. The molecular formula is C22H27NO5S2. The van der Waals surface area contributed by atoms with Crippen molar-refractivity contribution in [2.45, 2.75) is 36.5 Å². The number of carbonyl (C=O) groups is 1. The third-order valence-electron chi connectivity index (χ3n) is 5.51. The maximum absolute atomic E-state index is 13.6. The number of methoxy groups -OCH3 is 1. The summed E-state index contributed by atoms with van der Waals surface area (Å²) < 4.78 is 33.9. The molecule has 1 N–H and O–H groups in total. The van der Waals surface area contributed by atoms with Gasteiger partial charge in [-0.3, -0.25) is 4.79 Å². The van der Waals surface area contributed by atoms with Crippen LogP contribution in [0.2, 0.25) is 0 Å². The van der Waals surface area contributed by atoms with Gasteiger partial charge in [0.05, 0.1) is 24.0 Å². The van der Waals surface area contributed by atoms with Gasteiger partial charge in [0, 0.05) is 11.8 Å². The number of ether oxygens (including phenoxy) is 1. The molecule has 0 radical (unpaired) electrons. The van der Waals surface area contributed by atoms with Gasteiger partial charge in [-0.2, -0.15) is 16.1 Å². The number of hydrogen-bond acceptors (Lipinski definition) is 5. The predicted molar refractivity (Wildman–Crippen MR) is 118 cm³/mol. The van der Waals surface area contributed by atoms with E-state index in [-0.39, 0.29) is 16.7 Å². The van der Waals surface area contributed by atoms with Crippen molar-refractivity contribution in [1.82, 2.24) is 4.31 Å². The second-order valence-electron chi connectivity index (χ2n) is 7.30. The van der Waals surface area contributed by atoms with Gasteiger partial charge in [-0.05, 0) is 48.4 Å². The number of hydrogen-bond donors (Lipinski definition) is 1. The van der Waals surface area contributed by atoms with Crippen molar-refractivity contribution < 1.29 is 23.1 Å². The van der Waals surface area contributed by atoms with E-state index in [1.165, 1.54) is 4.31 Å². The summed E-state index contributed by atoms with van der Waals surface area (Å²) in [5.74, 6) is -0.262. The van der Waals surface area contributed by atoms with Gasteiger partial charge >= 0.3 is 5.97 Å². The summed E-state index contributed by atoms with van der Waals surface area (Å²) in [7, 11) is -2.30. The zero-order valence-corrected chi connectivity index (χ0v) is 18.9. The number of rotatable bonds is 7. The van der Waals surface area contributed by atoms with Gasteiger partial charge < -0.3 is 9.84 Å². The van der Waals surface area contributed by atoms with E-state index in [4.69, 9.17) is 4.74 Å². The van der Waals surface area contributed by atoms with Crippen LogP contribution in [0.4, 0.5) is 0 Å². The first kappa shape index (κ1) is 22.7. The van der Waals surface area contributed by atoms with Crippen LogP contribution in [0.5, 0.6) is 5.75 Å². The van der Waals surface area contributed by atoms with Crippen molar-refractivity contribution in [1.29, 1.82) is 0 Å². The monoisotopic (exact) mass is 449 g/mol. The molecule has 30 heavy (non-hydrogen) atoms. The molecule has 1 fully saturated rings. The standard InChI is InChI=1S/C22H27NO5S2/c1-4-29-20-13-19(16-9-11-17(28-3)12-10-16)23(14-18(20)22(24)25)30(26,27)21-8-6-5-7-15(21)2/h5-12,18-20H,4,13-14H2,1-3H3,(H,24,25)/t18-,19+,20-/m1/s1. The average Bonchev–Trinajstić information content (AvgIpc) is 2.73. The van der Waals surface area contributed by atoms with Crippen LogP contribution in [0.15, 0.2) is 53.4 Å². The van der Waals surface area contributed by atoms with Crippen LogP contribution in [0, 0.1) is 12.8 Å². The first-order valence-corrected chi connectivity index (χ1v) is 12.3. The van der Waals surface area contributed by atoms with Gasteiger partial charge in [0.15, 0.2) is 0 Å². The third-order valence-corrected chi connectivity index (χ3v) is 8.82. The number of carboxylic acid groups (broad SMARTS) is 1. The van der Waals surface area contributed by atoms with Gasteiger partial charge in [0.2, 0.25) is 10.0 Å². The Balaban J connectivity index is 2.09. The molecule has 1 heterocycles. The molecule has 0 amide bonds. The molecule has 0 bridgehead atoms. The molecule has 6 nitrogen and oxygen atoms in total. The van der Waals surface area contributed by atoms with Gasteiger partial charge in [-0.25, -0.2) is 8.42 Å². The Hall–Kier alpha value is -2.03. The van der Waals surface area contributed by atoms with Crippen LogP contribution in [-0.2, 0) is 14.8 Å². The zero-order valence-electron chi connectivity index (χ0n) is 17.3. The summed E-state index contributed by atoms with van der Waals surface area (Å²) in [6.45, 7) is 3.69. The lowest BCUT2D eigenvalue weighted by Gasteiger charge is -2.42. The summed E-state index contributed by atoms with van der Waals surface area (Å²) in [5.41, 5.74) is 1.47. The summed E-state index contributed by atoms with van der Waals surface area (Å²) in [5, 5.41) is 9.65. The third kappa shape index (κ3) is 4.50. The fourth-order valence-electron chi connectivity index (χ4n) is 3.94. The molecule has 8 heteroatoms. The van der Waals surface area contributed by atoms with Gasteiger partial charge in [-0.1, -0.05) is 37.3 Å². The lowest BCUT2D eigenvalue weighted by molar-refractivity contribution is -0.143. The van der Waals surface area contributed by atoms with E-state index in [1.807, 2.05) is 19.1 Å². The number of piperidine rings is 1. The van der Waals surface area contributed by atoms with Gasteiger partial charge in [-0.15, -0.1) is 0 Å². The van der Waals surface area contributed by atoms with E-state index < -0.39 is 28.0 Å². The molecule has 1 aliphatic heterocycles. The number of carboxylic acids is 1. The molecule has 162 valence electrons. The van der Waals surface area contributed by atoms with Crippen molar-refractivity contribution in [2.75, 3.05) is 19.4 Å². The topological polar surface area (TPSA) is 83.9 Å². The van der Waals surface area contributed by atoms with Crippen molar-refractivity contribution in [2.24, 2.45) is 5.92 Å². The van der Waals surface area contributed by atoms with Crippen molar-refractivity contribution in [3.63, 3.8) is 0 Å². The molecule has 1 aliphatic rings.